The normalized spacial score (nSPS) is 23.6. The first-order chi connectivity index (χ1) is 11.1. The van der Waals surface area contributed by atoms with Gasteiger partial charge in [-0.1, -0.05) is 0 Å². The minimum absolute atomic E-state index is 0.00892. The Hall–Kier alpha value is -1.73. The lowest BCUT2D eigenvalue weighted by atomic mass is 10.1. The van der Waals surface area contributed by atoms with Crippen LogP contribution in [0.3, 0.4) is 0 Å². The quantitative estimate of drug-likeness (QED) is 0.857. The molecule has 0 saturated carbocycles. The highest BCUT2D eigenvalue weighted by atomic mass is 32.1. The Labute approximate surface area is 142 Å². The lowest BCUT2D eigenvalue weighted by Gasteiger charge is -2.24. The van der Waals surface area contributed by atoms with Gasteiger partial charge in [0.25, 0.3) is 5.91 Å². The molecule has 0 unspecified atom stereocenters. The molecular formula is C16H17N3O2S2. The highest BCUT2D eigenvalue weighted by molar-refractivity contribution is 7.09. The van der Waals surface area contributed by atoms with Crippen LogP contribution in [0.4, 0.5) is 0 Å². The van der Waals surface area contributed by atoms with E-state index in [1.807, 2.05) is 38.9 Å². The summed E-state index contributed by atoms with van der Waals surface area (Å²) in [6, 6.07) is 1.99. The van der Waals surface area contributed by atoms with Crippen molar-refractivity contribution < 1.29 is 9.59 Å². The van der Waals surface area contributed by atoms with Gasteiger partial charge in [-0.05, 0) is 24.8 Å². The van der Waals surface area contributed by atoms with Gasteiger partial charge in [-0.25, -0.2) is 4.98 Å². The lowest BCUT2D eigenvalue weighted by molar-refractivity contribution is -0.129. The number of carbonyl (C=O) groups is 2. The highest BCUT2D eigenvalue weighted by Gasteiger charge is 2.48. The van der Waals surface area contributed by atoms with E-state index in [1.165, 1.54) is 11.3 Å². The number of aromatic nitrogens is 1. The van der Waals surface area contributed by atoms with Gasteiger partial charge in [0.1, 0.15) is 0 Å². The second-order valence-electron chi connectivity index (χ2n) is 6.02. The van der Waals surface area contributed by atoms with Gasteiger partial charge in [0.05, 0.1) is 34.9 Å². The first-order valence-corrected chi connectivity index (χ1v) is 9.49. The van der Waals surface area contributed by atoms with Gasteiger partial charge >= 0.3 is 0 Å². The summed E-state index contributed by atoms with van der Waals surface area (Å²) in [5.41, 5.74) is 1.68. The van der Waals surface area contributed by atoms with E-state index in [0.29, 0.717) is 13.0 Å². The molecule has 0 aliphatic carbocycles. The van der Waals surface area contributed by atoms with E-state index in [2.05, 4.69) is 4.98 Å². The zero-order valence-corrected chi connectivity index (χ0v) is 14.4. The molecule has 0 aromatic carbocycles. The smallest absolute Gasteiger partial charge is 0.255 e. The molecule has 2 aliphatic heterocycles. The number of fused-ring (bicyclic) bond motifs is 1. The van der Waals surface area contributed by atoms with Crippen molar-refractivity contribution in [1.82, 2.24) is 14.8 Å². The molecule has 4 heterocycles. The number of likely N-dealkylation sites (tertiary alicyclic amines) is 2. The van der Waals surface area contributed by atoms with E-state index in [9.17, 15) is 9.59 Å². The minimum Gasteiger partial charge on any atom is -0.333 e. The van der Waals surface area contributed by atoms with Gasteiger partial charge in [-0.2, -0.15) is 11.3 Å². The molecule has 2 atom stereocenters. The number of rotatable bonds is 3. The van der Waals surface area contributed by atoms with Gasteiger partial charge in [0.15, 0.2) is 0 Å². The van der Waals surface area contributed by atoms with Crippen LogP contribution in [-0.2, 0) is 11.3 Å². The van der Waals surface area contributed by atoms with Crippen LogP contribution in [-0.4, -0.2) is 45.2 Å². The molecule has 2 amide bonds. The fourth-order valence-corrected chi connectivity index (χ4v) is 4.83. The van der Waals surface area contributed by atoms with Gasteiger partial charge in [0.2, 0.25) is 5.91 Å². The van der Waals surface area contributed by atoms with E-state index in [1.54, 1.807) is 11.3 Å². The molecule has 0 radical (unpaired) electrons. The average Bonchev–Trinajstić information content (AvgIpc) is 3.27. The average molecular weight is 347 g/mol. The Bertz CT molecular complexity index is 740. The van der Waals surface area contributed by atoms with Crippen molar-refractivity contribution in [1.29, 1.82) is 0 Å². The summed E-state index contributed by atoms with van der Waals surface area (Å²) in [6.07, 6.45) is 1.29. The zero-order valence-electron chi connectivity index (χ0n) is 12.8. The fourth-order valence-electron chi connectivity index (χ4n) is 3.59. The maximum absolute atomic E-state index is 12.6. The number of thiazole rings is 1. The fraction of sp³-hybridized carbons (Fsp3) is 0.438. The van der Waals surface area contributed by atoms with Gasteiger partial charge in [-0.3, -0.25) is 9.59 Å². The minimum atomic E-state index is 0.00892. The molecule has 120 valence electrons. The predicted molar refractivity (Wildman–Crippen MR) is 89.6 cm³/mol. The van der Waals surface area contributed by atoms with E-state index in [4.69, 9.17) is 0 Å². The van der Waals surface area contributed by atoms with Crippen molar-refractivity contribution in [3.05, 3.63) is 38.5 Å². The molecule has 5 nitrogen and oxygen atoms in total. The van der Waals surface area contributed by atoms with Crippen molar-refractivity contribution in [2.75, 3.05) is 6.54 Å². The second-order valence-corrected chi connectivity index (χ2v) is 7.86. The van der Waals surface area contributed by atoms with Gasteiger partial charge < -0.3 is 9.80 Å². The van der Waals surface area contributed by atoms with Crippen LogP contribution in [0, 0.1) is 6.92 Å². The predicted octanol–water partition coefficient (Wildman–Crippen LogP) is 2.53. The summed E-state index contributed by atoms with van der Waals surface area (Å²) in [5.74, 6) is 0.186. The molecule has 0 bridgehead atoms. The molecule has 2 aliphatic rings. The Balaban J connectivity index is 1.52. The van der Waals surface area contributed by atoms with Crippen LogP contribution in [0.1, 0.15) is 33.9 Å². The van der Waals surface area contributed by atoms with Gasteiger partial charge in [-0.15, -0.1) is 11.3 Å². The van der Waals surface area contributed by atoms with Crippen molar-refractivity contribution in [3.8, 4) is 0 Å². The van der Waals surface area contributed by atoms with E-state index in [-0.39, 0.29) is 23.9 Å². The van der Waals surface area contributed by atoms with E-state index < -0.39 is 0 Å². The zero-order chi connectivity index (χ0) is 16.0. The summed E-state index contributed by atoms with van der Waals surface area (Å²) in [6.45, 7) is 3.26. The number of amides is 2. The van der Waals surface area contributed by atoms with Crippen LogP contribution in [0.15, 0.2) is 22.2 Å². The molecule has 2 aromatic rings. The molecule has 2 aromatic heterocycles. The third kappa shape index (κ3) is 2.57. The largest absolute Gasteiger partial charge is 0.333 e. The number of aryl methyl sites for hydroxylation is 1. The number of carbonyl (C=O) groups excluding carboxylic acids is 2. The molecule has 23 heavy (non-hydrogen) atoms. The number of hydrogen-bond acceptors (Lipinski definition) is 5. The Morgan fingerprint density at radius 3 is 2.96 bits per heavy atom. The summed E-state index contributed by atoms with van der Waals surface area (Å²) < 4.78 is 0. The van der Waals surface area contributed by atoms with Gasteiger partial charge in [0, 0.05) is 23.7 Å². The Morgan fingerprint density at radius 2 is 2.26 bits per heavy atom. The van der Waals surface area contributed by atoms with E-state index in [0.717, 1.165) is 29.2 Å². The monoisotopic (exact) mass is 347 g/mol. The van der Waals surface area contributed by atoms with Crippen molar-refractivity contribution in [2.45, 2.75) is 38.4 Å². The first-order valence-electron chi connectivity index (χ1n) is 7.67. The molecule has 7 heteroatoms. The van der Waals surface area contributed by atoms with Crippen molar-refractivity contribution in [2.24, 2.45) is 0 Å². The molecule has 0 spiro atoms. The third-order valence-electron chi connectivity index (χ3n) is 4.64. The maximum Gasteiger partial charge on any atom is 0.255 e. The molecule has 0 N–H and O–H groups in total. The number of hydrogen-bond donors (Lipinski definition) is 0. The Kier molecular flexibility index (Phi) is 3.69. The van der Waals surface area contributed by atoms with Crippen LogP contribution < -0.4 is 0 Å². The summed E-state index contributed by atoms with van der Waals surface area (Å²) >= 11 is 3.13. The summed E-state index contributed by atoms with van der Waals surface area (Å²) in [5, 5.41) is 6.82. The topological polar surface area (TPSA) is 53.5 Å². The number of thiophene rings is 1. The molecule has 2 saturated heterocycles. The van der Waals surface area contributed by atoms with E-state index >= 15 is 0 Å². The molecular weight excluding hydrogens is 330 g/mol. The molecule has 2 fully saturated rings. The third-order valence-corrected chi connectivity index (χ3v) is 6.15. The van der Waals surface area contributed by atoms with Crippen LogP contribution in [0.5, 0.6) is 0 Å². The second kappa shape index (κ2) is 5.72. The standard InChI is InChI=1S/C16H17N3O2S2/c1-10-17-12(9-23-10)7-19-13-2-4-18(14(13)6-15(19)20)16(21)11-3-5-22-8-11/h3,5,8-9,13-14H,2,4,6-7H2,1H3/t13-,14+/m1/s1. The van der Waals surface area contributed by atoms with Crippen LogP contribution in [0.2, 0.25) is 0 Å². The van der Waals surface area contributed by atoms with Crippen molar-refractivity contribution >= 4 is 34.5 Å². The van der Waals surface area contributed by atoms with Crippen LogP contribution in [0.25, 0.3) is 0 Å². The highest BCUT2D eigenvalue weighted by Crippen LogP contribution is 2.34. The maximum atomic E-state index is 12.6. The summed E-state index contributed by atoms with van der Waals surface area (Å²) in [4.78, 5) is 33.3. The van der Waals surface area contributed by atoms with Crippen molar-refractivity contribution in [3.63, 3.8) is 0 Å². The lowest BCUT2D eigenvalue weighted by Crippen LogP contribution is -2.39. The number of nitrogens with zero attached hydrogens (tertiary/aromatic N) is 3. The Morgan fingerprint density at radius 1 is 1.39 bits per heavy atom. The SMILES string of the molecule is Cc1nc(CN2C(=O)C[C@H]3[C@H]2CCN3C(=O)c2ccsc2)cs1. The van der Waals surface area contributed by atoms with Crippen LogP contribution >= 0.6 is 22.7 Å². The molecule has 4 rings (SSSR count). The first kappa shape index (κ1) is 14.8. The summed E-state index contributed by atoms with van der Waals surface area (Å²) in [7, 11) is 0.